The average Bonchev–Trinajstić information content (AvgIpc) is 3.35. The van der Waals surface area contributed by atoms with Crippen molar-refractivity contribution in [1.29, 1.82) is 0 Å². The van der Waals surface area contributed by atoms with Crippen LogP contribution in [0.2, 0.25) is 0 Å². The first kappa shape index (κ1) is 29.3. The van der Waals surface area contributed by atoms with Crippen molar-refractivity contribution >= 4 is 29.4 Å². The molecule has 5 aromatic rings. The number of aromatic nitrogens is 2. The number of amides is 2. The van der Waals surface area contributed by atoms with E-state index in [1.807, 2.05) is 61.5 Å². The summed E-state index contributed by atoms with van der Waals surface area (Å²) in [6, 6.07) is 26.1. The maximum absolute atomic E-state index is 15.4. The molecule has 2 amide bonds. The second-order valence-electron chi connectivity index (χ2n) is 10.4. The van der Waals surface area contributed by atoms with Gasteiger partial charge in [-0.15, -0.1) is 11.8 Å². The van der Waals surface area contributed by atoms with Crippen molar-refractivity contribution in [3.8, 4) is 16.9 Å². The normalized spacial score (nSPS) is 14.7. The van der Waals surface area contributed by atoms with Crippen molar-refractivity contribution in [1.82, 2.24) is 15.1 Å². The fourth-order valence-corrected chi connectivity index (χ4v) is 6.45. The summed E-state index contributed by atoms with van der Waals surface area (Å²) in [5.74, 6) is -2.38. The van der Waals surface area contributed by atoms with Gasteiger partial charge in [0.05, 0.1) is 22.4 Å². The summed E-state index contributed by atoms with van der Waals surface area (Å²) in [6.07, 6.45) is 0. The van der Waals surface area contributed by atoms with Crippen molar-refractivity contribution in [2.75, 3.05) is 17.2 Å². The number of carbonyl (C=O) groups is 2. The van der Waals surface area contributed by atoms with Gasteiger partial charge in [-0.1, -0.05) is 60.7 Å². The number of halogens is 3. The Morgan fingerprint density at radius 2 is 1.68 bits per heavy atom. The third-order valence-electron chi connectivity index (χ3n) is 7.33. The van der Waals surface area contributed by atoms with Crippen LogP contribution in [0.1, 0.15) is 27.5 Å². The van der Waals surface area contributed by atoms with E-state index in [9.17, 15) is 18.4 Å². The molecule has 0 spiro atoms. The number of nitrogens with one attached hydrogen (secondary N) is 1. The molecule has 0 aliphatic carbocycles. The topological polar surface area (TPSA) is 67.2 Å². The first-order valence-corrected chi connectivity index (χ1v) is 15.0. The van der Waals surface area contributed by atoms with Gasteiger partial charge in [-0.2, -0.15) is 5.10 Å². The summed E-state index contributed by atoms with van der Waals surface area (Å²) in [6.45, 7) is 1.73. The van der Waals surface area contributed by atoms with E-state index >= 15 is 4.39 Å². The molecule has 10 heteroatoms. The highest BCUT2D eigenvalue weighted by Crippen LogP contribution is 2.49. The first-order valence-electron chi connectivity index (χ1n) is 13.9. The summed E-state index contributed by atoms with van der Waals surface area (Å²) in [7, 11) is 0. The first-order chi connectivity index (χ1) is 21.3. The Bertz CT molecular complexity index is 1840. The van der Waals surface area contributed by atoms with Gasteiger partial charge < -0.3 is 5.32 Å². The molecule has 4 aromatic carbocycles. The van der Waals surface area contributed by atoms with Gasteiger partial charge in [0.1, 0.15) is 29.8 Å². The Balaban J connectivity index is 1.51. The fourth-order valence-electron chi connectivity index (χ4n) is 5.23. The van der Waals surface area contributed by atoms with Gasteiger partial charge in [-0.05, 0) is 48.4 Å². The molecule has 1 atom stereocenters. The SMILES string of the molecule is Cc1cccc(-n2nc(-c3ccccc3)c3c2N(CC(=O)NCc2ccc(F)cc2)C(=O)CS[C@H]3c2ccc(F)cc2F)c1. The predicted octanol–water partition coefficient (Wildman–Crippen LogP) is 6.75. The summed E-state index contributed by atoms with van der Waals surface area (Å²) < 4.78 is 44.4. The second kappa shape index (κ2) is 12.4. The van der Waals surface area contributed by atoms with Crippen LogP contribution in [-0.2, 0) is 16.1 Å². The molecule has 1 aromatic heterocycles. The molecular formula is C34H27F3N4O2S. The number of fused-ring (bicyclic) bond motifs is 1. The average molecular weight is 613 g/mol. The zero-order chi connectivity index (χ0) is 30.8. The van der Waals surface area contributed by atoms with E-state index in [4.69, 9.17) is 5.10 Å². The summed E-state index contributed by atoms with van der Waals surface area (Å²) in [4.78, 5) is 28.5. The molecule has 0 fully saturated rings. The van der Waals surface area contributed by atoms with E-state index in [1.54, 1.807) is 16.8 Å². The molecule has 6 nitrogen and oxygen atoms in total. The van der Waals surface area contributed by atoms with Gasteiger partial charge >= 0.3 is 0 Å². The summed E-state index contributed by atoms with van der Waals surface area (Å²) in [5, 5.41) is 7.05. The van der Waals surface area contributed by atoms with Gasteiger partial charge in [-0.25, -0.2) is 17.9 Å². The Morgan fingerprint density at radius 3 is 2.41 bits per heavy atom. The molecule has 1 aliphatic heterocycles. The minimum absolute atomic E-state index is 0.0660. The number of anilines is 1. The fraction of sp³-hybridized carbons (Fsp3) is 0.147. The molecule has 0 bridgehead atoms. The van der Waals surface area contributed by atoms with Crippen LogP contribution in [0.4, 0.5) is 19.0 Å². The number of aryl methyl sites for hydroxylation is 1. The zero-order valence-corrected chi connectivity index (χ0v) is 24.5. The van der Waals surface area contributed by atoms with Gasteiger partial charge in [0.15, 0.2) is 0 Å². The highest BCUT2D eigenvalue weighted by molar-refractivity contribution is 8.00. The maximum atomic E-state index is 15.4. The third kappa shape index (κ3) is 5.98. The van der Waals surface area contributed by atoms with Crippen molar-refractivity contribution in [2.24, 2.45) is 0 Å². The van der Waals surface area contributed by atoms with Gasteiger partial charge in [0.2, 0.25) is 11.8 Å². The van der Waals surface area contributed by atoms with E-state index in [0.717, 1.165) is 17.2 Å². The molecule has 222 valence electrons. The Hall–Kier alpha value is -4.83. The Morgan fingerprint density at radius 1 is 0.932 bits per heavy atom. The van der Waals surface area contributed by atoms with E-state index in [-0.39, 0.29) is 36.1 Å². The van der Waals surface area contributed by atoms with Crippen LogP contribution in [0.5, 0.6) is 0 Å². The molecule has 0 unspecified atom stereocenters. The van der Waals surface area contributed by atoms with Gasteiger partial charge in [0, 0.05) is 29.3 Å². The van der Waals surface area contributed by atoms with E-state index in [2.05, 4.69) is 5.32 Å². The summed E-state index contributed by atoms with van der Waals surface area (Å²) >= 11 is 1.20. The van der Waals surface area contributed by atoms with Crippen LogP contribution < -0.4 is 10.2 Å². The predicted molar refractivity (Wildman–Crippen MR) is 165 cm³/mol. The zero-order valence-electron chi connectivity index (χ0n) is 23.6. The number of hydrogen-bond acceptors (Lipinski definition) is 4. The quantitative estimate of drug-likeness (QED) is 0.221. The molecule has 2 heterocycles. The van der Waals surface area contributed by atoms with Crippen molar-refractivity contribution in [2.45, 2.75) is 18.7 Å². The second-order valence-corrected chi connectivity index (χ2v) is 11.5. The van der Waals surface area contributed by atoms with E-state index in [1.165, 1.54) is 40.9 Å². The number of carbonyl (C=O) groups excluding carboxylic acids is 2. The largest absolute Gasteiger partial charge is 0.350 e. The minimum atomic E-state index is -0.742. The molecule has 6 rings (SSSR count). The summed E-state index contributed by atoms with van der Waals surface area (Å²) in [5.41, 5.74) is 4.28. The van der Waals surface area contributed by atoms with Crippen LogP contribution >= 0.6 is 11.8 Å². The maximum Gasteiger partial charge on any atom is 0.240 e. The number of benzene rings is 4. The number of nitrogens with zero attached hydrogens (tertiary/aromatic N) is 3. The third-order valence-corrected chi connectivity index (χ3v) is 8.57. The lowest BCUT2D eigenvalue weighted by Crippen LogP contribution is -2.42. The van der Waals surface area contributed by atoms with Crippen LogP contribution in [0.15, 0.2) is 97.1 Å². The monoisotopic (exact) mass is 612 g/mol. The molecular weight excluding hydrogens is 585 g/mol. The highest BCUT2D eigenvalue weighted by atomic mass is 32.2. The molecule has 1 aliphatic rings. The number of thioether (sulfide) groups is 1. The lowest BCUT2D eigenvalue weighted by atomic mass is 9.99. The smallest absolute Gasteiger partial charge is 0.240 e. The lowest BCUT2D eigenvalue weighted by molar-refractivity contribution is -0.123. The lowest BCUT2D eigenvalue weighted by Gasteiger charge is -2.23. The standard InChI is InChI=1S/C34H27F3N4O2S/c1-21-6-5-9-26(16-21)41-34-31(32(39-41)23-7-3-2-4-8-23)33(27-15-14-25(36)17-28(27)37)44-20-30(43)40(34)19-29(42)38-18-22-10-12-24(35)13-11-22/h2-17,33H,18-20H2,1H3,(H,38,42)/t33-/m0/s1. The Labute approximate surface area is 256 Å². The molecule has 0 saturated carbocycles. The van der Waals surface area contributed by atoms with E-state index in [0.29, 0.717) is 28.3 Å². The van der Waals surface area contributed by atoms with Gasteiger partial charge in [0.25, 0.3) is 0 Å². The minimum Gasteiger partial charge on any atom is -0.350 e. The van der Waals surface area contributed by atoms with Crippen molar-refractivity contribution in [3.63, 3.8) is 0 Å². The molecule has 0 saturated heterocycles. The molecule has 0 radical (unpaired) electrons. The molecule has 1 N–H and O–H groups in total. The highest BCUT2D eigenvalue weighted by Gasteiger charge is 2.38. The molecule has 44 heavy (non-hydrogen) atoms. The van der Waals surface area contributed by atoms with E-state index < -0.39 is 22.8 Å². The van der Waals surface area contributed by atoms with Crippen LogP contribution in [-0.4, -0.2) is 33.9 Å². The van der Waals surface area contributed by atoms with Crippen LogP contribution in [0.3, 0.4) is 0 Å². The van der Waals surface area contributed by atoms with Crippen molar-refractivity contribution < 1.29 is 22.8 Å². The van der Waals surface area contributed by atoms with Gasteiger partial charge in [-0.3, -0.25) is 14.5 Å². The van der Waals surface area contributed by atoms with Crippen molar-refractivity contribution in [3.05, 3.63) is 137 Å². The number of hydrogen-bond donors (Lipinski definition) is 1. The Kier molecular flexibility index (Phi) is 8.25. The van der Waals surface area contributed by atoms with Crippen LogP contribution in [0, 0.1) is 24.4 Å². The van der Waals surface area contributed by atoms with Crippen LogP contribution in [0.25, 0.3) is 16.9 Å². The number of rotatable bonds is 7.